The van der Waals surface area contributed by atoms with Gasteiger partial charge in [0.1, 0.15) is 5.69 Å². The molecule has 5 nitrogen and oxygen atoms in total. The molecule has 0 saturated carbocycles. The Labute approximate surface area is 93.7 Å². The lowest BCUT2D eigenvalue weighted by molar-refractivity contribution is -0.156. The predicted octanol–water partition coefficient (Wildman–Crippen LogP) is 2.11. The van der Waals surface area contributed by atoms with Gasteiger partial charge in [-0.25, -0.2) is 4.98 Å². The average molecular weight is 244 g/mol. The van der Waals surface area contributed by atoms with Gasteiger partial charge < -0.3 is 4.42 Å². The van der Waals surface area contributed by atoms with Crippen LogP contribution in [0.1, 0.15) is 18.5 Å². The van der Waals surface area contributed by atoms with Gasteiger partial charge in [-0.15, -0.1) is 10.2 Å². The maximum absolute atomic E-state index is 12.2. The highest BCUT2D eigenvalue weighted by atomic mass is 19.4. The maximum Gasteiger partial charge on any atom is 0.470 e. The van der Waals surface area contributed by atoms with E-state index in [4.69, 9.17) is 0 Å². The summed E-state index contributed by atoms with van der Waals surface area (Å²) < 4.78 is 41.2. The van der Waals surface area contributed by atoms with E-state index in [9.17, 15) is 13.2 Å². The third kappa shape index (κ3) is 2.40. The normalized spacial score (nSPS) is 11.8. The molecule has 0 N–H and O–H groups in total. The van der Waals surface area contributed by atoms with Crippen LogP contribution < -0.4 is 0 Å². The molecule has 2 aromatic heterocycles. The second kappa shape index (κ2) is 4.11. The van der Waals surface area contributed by atoms with Crippen LogP contribution in [0.15, 0.2) is 16.8 Å². The molecule has 17 heavy (non-hydrogen) atoms. The Morgan fingerprint density at radius 1 is 1.24 bits per heavy atom. The van der Waals surface area contributed by atoms with Crippen LogP contribution in [0.2, 0.25) is 0 Å². The Hall–Kier alpha value is -1.99. The second-order valence-electron chi connectivity index (χ2n) is 3.16. The maximum atomic E-state index is 12.2. The Kier molecular flexibility index (Phi) is 2.78. The van der Waals surface area contributed by atoms with Gasteiger partial charge in [-0.2, -0.15) is 13.2 Å². The van der Waals surface area contributed by atoms with Crippen molar-refractivity contribution in [1.82, 2.24) is 20.2 Å². The van der Waals surface area contributed by atoms with Crippen LogP contribution in [-0.2, 0) is 12.6 Å². The van der Waals surface area contributed by atoms with Gasteiger partial charge in [0.25, 0.3) is 5.89 Å². The van der Waals surface area contributed by atoms with Crippen molar-refractivity contribution in [1.29, 1.82) is 0 Å². The highest BCUT2D eigenvalue weighted by Gasteiger charge is 2.38. The monoisotopic (exact) mass is 244 g/mol. The van der Waals surface area contributed by atoms with Crippen LogP contribution in [-0.4, -0.2) is 20.2 Å². The number of aromatic nitrogens is 4. The number of hydrogen-bond donors (Lipinski definition) is 0. The third-order valence-corrected chi connectivity index (χ3v) is 1.93. The molecule has 0 fully saturated rings. The summed E-state index contributed by atoms with van der Waals surface area (Å²) >= 11 is 0. The van der Waals surface area contributed by atoms with E-state index in [-0.39, 0.29) is 11.6 Å². The largest absolute Gasteiger partial charge is 0.470 e. The fourth-order valence-corrected chi connectivity index (χ4v) is 1.12. The average Bonchev–Trinajstić information content (AvgIpc) is 2.78. The van der Waals surface area contributed by atoms with Crippen molar-refractivity contribution in [3.63, 3.8) is 0 Å². The SMILES string of the molecule is CCc1cncc(-c2nnc(C(F)(F)F)o2)n1. The molecule has 0 spiro atoms. The van der Waals surface area contributed by atoms with E-state index in [1.165, 1.54) is 12.4 Å². The van der Waals surface area contributed by atoms with Crippen LogP contribution in [0, 0.1) is 0 Å². The Morgan fingerprint density at radius 2 is 2.00 bits per heavy atom. The molecule has 2 aromatic rings. The quantitative estimate of drug-likeness (QED) is 0.809. The van der Waals surface area contributed by atoms with E-state index >= 15 is 0 Å². The number of hydrogen-bond acceptors (Lipinski definition) is 5. The zero-order valence-electron chi connectivity index (χ0n) is 8.69. The standard InChI is InChI=1S/C9H7F3N4O/c1-2-5-3-13-4-6(14-5)7-15-16-8(17-7)9(10,11)12/h3-4H,2H2,1H3. The summed E-state index contributed by atoms with van der Waals surface area (Å²) in [6, 6.07) is 0. The lowest BCUT2D eigenvalue weighted by Gasteiger charge is -1.98. The van der Waals surface area contributed by atoms with Crippen molar-refractivity contribution in [3.8, 4) is 11.6 Å². The van der Waals surface area contributed by atoms with Gasteiger partial charge in [-0.1, -0.05) is 6.92 Å². The molecule has 2 heterocycles. The van der Waals surface area contributed by atoms with E-state index in [0.717, 1.165) is 0 Å². The van der Waals surface area contributed by atoms with E-state index in [1.54, 1.807) is 0 Å². The lowest BCUT2D eigenvalue weighted by atomic mass is 10.3. The molecule has 0 aliphatic heterocycles. The smallest absolute Gasteiger partial charge is 0.411 e. The first-order chi connectivity index (χ1) is 8.00. The first kappa shape index (κ1) is 11.5. The first-order valence-corrected chi connectivity index (χ1v) is 4.72. The van der Waals surface area contributed by atoms with Crippen LogP contribution >= 0.6 is 0 Å². The molecule has 0 aliphatic carbocycles. The molecule has 0 unspecified atom stereocenters. The van der Waals surface area contributed by atoms with Crippen molar-refractivity contribution in [2.24, 2.45) is 0 Å². The van der Waals surface area contributed by atoms with Crippen molar-refractivity contribution < 1.29 is 17.6 Å². The third-order valence-electron chi connectivity index (χ3n) is 1.93. The zero-order valence-corrected chi connectivity index (χ0v) is 8.69. The molecular weight excluding hydrogens is 237 g/mol. The number of aryl methyl sites for hydroxylation is 1. The number of halogens is 3. The van der Waals surface area contributed by atoms with Gasteiger partial charge in [0, 0.05) is 6.20 Å². The second-order valence-corrected chi connectivity index (χ2v) is 3.16. The predicted molar refractivity (Wildman–Crippen MR) is 49.7 cm³/mol. The Bertz CT molecular complexity index is 523. The molecule has 0 bridgehead atoms. The molecule has 0 aromatic carbocycles. The van der Waals surface area contributed by atoms with Gasteiger partial charge >= 0.3 is 12.1 Å². The molecule has 8 heteroatoms. The number of alkyl halides is 3. The highest BCUT2D eigenvalue weighted by molar-refractivity contribution is 5.44. The van der Waals surface area contributed by atoms with E-state index in [0.29, 0.717) is 12.1 Å². The number of rotatable bonds is 2. The van der Waals surface area contributed by atoms with Crippen LogP contribution in [0.5, 0.6) is 0 Å². The molecule has 0 radical (unpaired) electrons. The van der Waals surface area contributed by atoms with Crippen molar-refractivity contribution in [3.05, 3.63) is 24.0 Å². The van der Waals surface area contributed by atoms with E-state index < -0.39 is 12.1 Å². The van der Waals surface area contributed by atoms with Gasteiger partial charge in [0.05, 0.1) is 11.9 Å². The Morgan fingerprint density at radius 3 is 2.59 bits per heavy atom. The minimum Gasteiger partial charge on any atom is -0.411 e. The Balaban J connectivity index is 2.37. The lowest BCUT2D eigenvalue weighted by Crippen LogP contribution is -2.04. The summed E-state index contributed by atoms with van der Waals surface area (Å²) in [5.74, 6) is -1.68. The molecule has 0 amide bonds. The van der Waals surface area contributed by atoms with Gasteiger partial charge in [0.2, 0.25) is 0 Å². The summed E-state index contributed by atoms with van der Waals surface area (Å²) in [7, 11) is 0. The topological polar surface area (TPSA) is 64.7 Å². The first-order valence-electron chi connectivity index (χ1n) is 4.72. The number of nitrogens with zero attached hydrogens (tertiary/aromatic N) is 4. The van der Waals surface area contributed by atoms with Crippen LogP contribution in [0.25, 0.3) is 11.6 Å². The summed E-state index contributed by atoms with van der Waals surface area (Å²) in [5, 5.41) is 6.20. The molecule has 90 valence electrons. The van der Waals surface area contributed by atoms with Crippen LogP contribution in [0.4, 0.5) is 13.2 Å². The van der Waals surface area contributed by atoms with E-state index in [2.05, 4.69) is 24.6 Å². The summed E-state index contributed by atoms with van der Waals surface area (Å²) in [6.07, 6.45) is -1.25. The zero-order chi connectivity index (χ0) is 12.5. The van der Waals surface area contributed by atoms with Gasteiger partial charge in [-0.05, 0) is 6.42 Å². The molecular formula is C9H7F3N4O. The molecule has 0 atom stereocenters. The van der Waals surface area contributed by atoms with Crippen molar-refractivity contribution >= 4 is 0 Å². The minimum atomic E-state index is -4.65. The molecule has 0 aliphatic rings. The molecule has 0 saturated heterocycles. The van der Waals surface area contributed by atoms with Crippen molar-refractivity contribution in [2.75, 3.05) is 0 Å². The van der Waals surface area contributed by atoms with Crippen LogP contribution in [0.3, 0.4) is 0 Å². The fourth-order valence-electron chi connectivity index (χ4n) is 1.12. The summed E-state index contributed by atoms with van der Waals surface area (Å²) in [6.45, 7) is 1.85. The van der Waals surface area contributed by atoms with E-state index in [1.807, 2.05) is 6.92 Å². The van der Waals surface area contributed by atoms with Gasteiger partial charge in [0.15, 0.2) is 0 Å². The molecule has 2 rings (SSSR count). The highest BCUT2D eigenvalue weighted by Crippen LogP contribution is 2.29. The summed E-state index contributed by atoms with van der Waals surface area (Å²) in [5.41, 5.74) is 0.765. The van der Waals surface area contributed by atoms with Crippen molar-refractivity contribution in [2.45, 2.75) is 19.5 Å². The minimum absolute atomic E-state index is 0.132. The van der Waals surface area contributed by atoms with Gasteiger partial charge in [-0.3, -0.25) is 4.98 Å². The fraction of sp³-hybridized carbons (Fsp3) is 0.333. The summed E-state index contributed by atoms with van der Waals surface area (Å²) in [4.78, 5) is 7.86.